The zero-order chi connectivity index (χ0) is 55.2. The molecule has 20 rings (SSSR count). The Bertz CT molecular complexity index is 5420. The van der Waals surface area contributed by atoms with Gasteiger partial charge in [-0.15, -0.1) is 0 Å². The van der Waals surface area contributed by atoms with E-state index in [1.165, 1.54) is 147 Å². The topological polar surface area (TPSA) is 18.0 Å². The molecule has 0 amide bonds. The van der Waals surface area contributed by atoms with Crippen LogP contribution < -0.4 is 21.3 Å². The summed E-state index contributed by atoms with van der Waals surface area (Å²) in [6.45, 7) is -0.0716. The molecule has 4 aliphatic rings. The van der Waals surface area contributed by atoms with Gasteiger partial charge in [-0.3, -0.25) is 0 Å². The van der Waals surface area contributed by atoms with E-state index in [9.17, 15) is 0 Å². The van der Waals surface area contributed by atoms with E-state index in [4.69, 9.17) is 0 Å². The van der Waals surface area contributed by atoms with Crippen LogP contribution in [0.15, 0.2) is 295 Å². The molecule has 0 saturated carbocycles. The van der Waals surface area contributed by atoms with Crippen molar-refractivity contribution >= 4 is 117 Å². The summed E-state index contributed by atoms with van der Waals surface area (Å²) in [5, 5.41) is 7.51. The minimum Gasteiger partial charge on any atom is -0.311 e. The number of nitrogens with zero attached hydrogens (tertiary/aromatic N) is 4. The van der Waals surface area contributed by atoms with E-state index >= 15 is 0 Å². The van der Waals surface area contributed by atoms with Crippen molar-refractivity contribution in [2.24, 2.45) is 0 Å². The van der Waals surface area contributed by atoms with Crippen molar-refractivity contribution in [3.63, 3.8) is 0 Å². The number of hydrogen-bond donors (Lipinski definition) is 0. The molecule has 0 radical (unpaired) electrons. The Morgan fingerprint density at radius 1 is 0.271 bits per heavy atom. The Morgan fingerprint density at radius 3 is 1.12 bits per heavy atom. The van der Waals surface area contributed by atoms with Crippen LogP contribution in [0.3, 0.4) is 0 Å². The van der Waals surface area contributed by atoms with Gasteiger partial charge in [-0.1, -0.05) is 217 Å². The van der Waals surface area contributed by atoms with Gasteiger partial charge in [-0.2, -0.15) is 0 Å². The Morgan fingerprint density at radius 2 is 0.635 bits per heavy atom. The molecule has 3 aromatic heterocycles. The molecule has 13 aromatic carbocycles. The smallest absolute Gasteiger partial charge is 0.249 e. The third-order valence-corrected chi connectivity index (χ3v) is 20.6. The molecular formula is C79H47BN4S. The van der Waals surface area contributed by atoms with Gasteiger partial charge in [-0.05, 0) is 140 Å². The van der Waals surface area contributed by atoms with Gasteiger partial charge in [0.1, 0.15) is 0 Å². The van der Waals surface area contributed by atoms with E-state index in [1.807, 2.05) is 11.8 Å². The molecular weight excluding hydrogens is 1050 g/mol. The molecule has 2 aliphatic carbocycles. The van der Waals surface area contributed by atoms with Crippen molar-refractivity contribution in [1.82, 2.24) is 13.7 Å². The van der Waals surface area contributed by atoms with E-state index < -0.39 is 5.41 Å². The summed E-state index contributed by atoms with van der Waals surface area (Å²) in [7, 11) is 0. The van der Waals surface area contributed by atoms with Gasteiger partial charge in [-0.25, -0.2) is 0 Å². The number of para-hydroxylation sites is 6. The molecule has 0 N–H and O–H groups in total. The minimum absolute atomic E-state index is 0.0716. The molecule has 4 nitrogen and oxygen atoms in total. The van der Waals surface area contributed by atoms with E-state index in [2.05, 4.69) is 304 Å². The van der Waals surface area contributed by atoms with Crippen molar-refractivity contribution in [2.75, 3.05) is 4.90 Å². The Hall–Kier alpha value is -10.5. The lowest BCUT2D eigenvalue weighted by atomic mass is 9.35. The van der Waals surface area contributed by atoms with Crippen LogP contribution in [0.5, 0.6) is 0 Å². The van der Waals surface area contributed by atoms with E-state index in [0.717, 1.165) is 22.7 Å². The van der Waals surface area contributed by atoms with Crippen molar-refractivity contribution in [3.05, 3.63) is 307 Å². The van der Waals surface area contributed by atoms with Crippen molar-refractivity contribution in [3.8, 4) is 39.3 Å². The molecule has 2 aliphatic heterocycles. The summed E-state index contributed by atoms with van der Waals surface area (Å²) in [5.74, 6) is 0. The number of hydrogen-bond acceptors (Lipinski definition) is 2. The maximum absolute atomic E-state index is 2.65. The normalized spacial score (nSPS) is 13.9. The van der Waals surface area contributed by atoms with Gasteiger partial charge in [0, 0.05) is 76.2 Å². The fourth-order valence-electron chi connectivity index (χ4n) is 16.2. The van der Waals surface area contributed by atoms with Crippen LogP contribution in [0.25, 0.3) is 105 Å². The summed E-state index contributed by atoms with van der Waals surface area (Å²) in [4.78, 5) is 5.18. The van der Waals surface area contributed by atoms with Crippen molar-refractivity contribution in [2.45, 2.75) is 15.2 Å². The van der Waals surface area contributed by atoms with Crippen LogP contribution >= 0.6 is 11.8 Å². The van der Waals surface area contributed by atoms with E-state index in [0.29, 0.717) is 0 Å². The third kappa shape index (κ3) is 5.94. The molecule has 6 heteroatoms. The summed E-state index contributed by atoms with van der Waals surface area (Å²) >= 11 is 1.92. The largest absolute Gasteiger partial charge is 0.311 e. The summed E-state index contributed by atoms with van der Waals surface area (Å²) in [6, 6.07) is 108. The maximum atomic E-state index is 2.65. The molecule has 5 heterocycles. The van der Waals surface area contributed by atoms with Crippen molar-refractivity contribution in [1.29, 1.82) is 0 Å². The molecule has 16 aromatic rings. The summed E-state index contributed by atoms with van der Waals surface area (Å²) < 4.78 is 7.47. The quantitative estimate of drug-likeness (QED) is 0.164. The van der Waals surface area contributed by atoms with Gasteiger partial charge in [0.2, 0.25) is 6.71 Å². The van der Waals surface area contributed by atoms with Crippen LogP contribution in [0.1, 0.15) is 22.3 Å². The van der Waals surface area contributed by atoms with Gasteiger partial charge in [0.05, 0.1) is 38.5 Å². The SMILES string of the molecule is c1ccc2c(c1)-c1ccccc1C21c2ccccc2-c2ccc(N3c4cc(-n5c6ccccc6c6ccccc65)ccc4B4c5ccc(-n6c7ccccc7c7ccccc76)cc5Sc5cc(-n6c7ccccc7c7ccccc76)cc3c54)cc21. The fraction of sp³-hybridized carbons (Fsp3) is 0.0127. The first kappa shape index (κ1) is 46.0. The second-order valence-electron chi connectivity index (χ2n) is 23.4. The lowest BCUT2D eigenvalue weighted by Crippen LogP contribution is -2.60. The molecule has 85 heavy (non-hydrogen) atoms. The highest BCUT2D eigenvalue weighted by Gasteiger charge is 2.52. The van der Waals surface area contributed by atoms with Crippen LogP contribution in [0, 0.1) is 0 Å². The van der Waals surface area contributed by atoms with Crippen molar-refractivity contribution < 1.29 is 0 Å². The number of anilines is 3. The Balaban J connectivity index is 0.897. The molecule has 0 fully saturated rings. The molecule has 0 saturated heterocycles. The maximum Gasteiger partial charge on any atom is 0.249 e. The first-order valence-corrected chi connectivity index (χ1v) is 30.3. The molecule has 0 atom stereocenters. The fourth-order valence-corrected chi connectivity index (χ4v) is 17.4. The zero-order valence-corrected chi connectivity index (χ0v) is 46.7. The van der Waals surface area contributed by atoms with E-state index in [1.54, 1.807) is 0 Å². The predicted octanol–water partition coefficient (Wildman–Crippen LogP) is 18.1. The van der Waals surface area contributed by atoms with Crippen LogP contribution in [-0.4, -0.2) is 20.4 Å². The lowest BCUT2D eigenvalue weighted by molar-refractivity contribution is 0.793. The first-order valence-electron chi connectivity index (χ1n) is 29.5. The number of aromatic nitrogens is 3. The molecule has 0 bridgehead atoms. The number of fused-ring (bicyclic) bond motifs is 23. The zero-order valence-electron chi connectivity index (χ0n) is 45.9. The highest BCUT2D eigenvalue weighted by molar-refractivity contribution is 8.00. The highest BCUT2D eigenvalue weighted by Crippen LogP contribution is 2.63. The first-order chi connectivity index (χ1) is 42.2. The van der Waals surface area contributed by atoms with Crippen LogP contribution in [-0.2, 0) is 5.41 Å². The monoisotopic (exact) mass is 1090 g/mol. The standard InChI is InChI=1S/C79H47BN4S/c1-10-28-62-52(19-1)53-20-2-11-29-63(53)79(62)64-30-12-3-21-54(64)55-40-37-48(43-65(55)79)83-74-44-49(81-68-31-13-4-22-56(68)57-23-5-14-32-69(57)81)38-41-66(74)80-67-42-39-50(82-70-33-15-6-24-58(70)59-25-7-16-34-71(59)82)46-76(67)85-77-47-51(45-75(83)78(77)80)84-72-35-17-8-26-60(72)61-27-9-18-36-73(61)84/h1-47H. The lowest BCUT2D eigenvalue weighted by Gasteiger charge is -2.41. The Kier molecular flexibility index (Phi) is 9.11. The predicted molar refractivity (Wildman–Crippen MR) is 356 cm³/mol. The molecule has 0 unspecified atom stereocenters. The molecule has 1 spiro atoms. The number of benzene rings is 13. The van der Waals surface area contributed by atoms with Gasteiger partial charge >= 0.3 is 0 Å². The van der Waals surface area contributed by atoms with Crippen LogP contribution in [0.4, 0.5) is 17.1 Å². The summed E-state index contributed by atoms with van der Waals surface area (Å²) in [6.07, 6.45) is 0. The summed E-state index contributed by atoms with van der Waals surface area (Å²) in [5.41, 5.74) is 28.0. The second-order valence-corrected chi connectivity index (χ2v) is 24.5. The van der Waals surface area contributed by atoms with Gasteiger partial charge in [0.15, 0.2) is 0 Å². The average molecular weight is 1100 g/mol. The number of rotatable bonds is 4. The average Bonchev–Trinajstić information content (AvgIpc) is 1.85. The highest BCUT2D eigenvalue weighted by atomic mass is 32.2. The van der Waals surface area contributed by atoms with Gasteiger partial charge < -0.3 is 18.6 Å². The van der Waals surface area contributed by atoms with E-state index in [-0.39, 0.29) is 6.71 Å². The minimum atomic E-state index is -0.520. The second kappa shape index (κ2) is 16.8. The van der Waals surface area contributed by atoms with Crippen LogP contribution in [0.2, 0.25) is 0 Å². The third-order valence-electron chi connectivity index (χ3n) is 19.5. The molecule has 392 valence electrons. The Labute approximate surface area is 494 Å². The van der Waals surface area contributed by atoms with Gasteiger partial charge in [0.25, 0.3) is 0 Å².